The van der Waals surface area contributed by atoms with Crippen LogP contribution in [-0.4, -0.2) is 6.04 Å². The quantitative estimate of drug-likeness (QED) is 0.778. The van der Waals surface area contributed by atoms with Crippen LogP contribution in [-0.2, 0) is 6.42 Å². The molecule has 0 radical (unpaired) electrons. The third kappa shape index (κ3) is 3.15. The molecule has 0 heterocycles. The molecular formula is C13H21N. The first-order valence-corrected chi connectivity index (χ1v) is 5.45. The maximum atomic E-state index is 6.00. The van der Waals surface area contributed by atoms with E-state index >= 15 is 0 Å². The Morgan fingerprint density at radius 2 is 1.93 bits per heavy atom. The highest BCUT2D eigenvalue weighted by molar-refractivity contribution is 5.30. The van der Waals surface area contributed by atoms with E-state index in [0.717, 1.165) is 12.8 Å². The zero-order valence-corrected chi connectivity index (χ0v) is 9.51. The molecule has 78 valence electrons. The summed E-state index contributed by atoms with van der Waals surface area (Å²) in [6.07, 6.45) is 3.30. The van der Waals surface area contributed by atoms with Gasteiger partial charge >= 0.3 is 0 Å². The zero-order valence-electron chi connectivity index (χ0n) is 9.51. The summed E-state index contributed by atoms with van der Waals surface area (Å²) >= 11 is 0. The fourth-order valence-electron chi connectivity index (χ4n) is 1.71. The van der Waals surface area contributed by atoms with Crippen LogP contribution in [0.15, 0.2) is 18.2 Å². The van der Waals surface area contributed by atoms with E-state index in [4.69, 9.17) is 5.73 Å². The number of aryl methyl sites for hydroxylation is 2. The highest BCUT2D eigenvalue weighted by Gasteiger charge is 2.03. The van der Waals surface area contributed by atoms with Gasteiger partial charge in [0, 0.05) is 6.04 Å². The van der Waals surface area contributed by atoms with E-state index in [1.54, 1.807) is 0 Å². The van der Waals surface area contributed by atoms with E-state index in [0.29, 0.717) is 6.04 Å². The Balaban J connectivity index is 2.63. The Bertz CT molecular complexity index is 291. The second-order valence-corrected chi connectivity index (χ2v) is 4.17. The molecule has 1 heteroatoms. The summed E-state index contributed by atoms with van der Waals surface area (Å²) in [6.45, 7) is 6.48. The largest absolute Gasteiger partial charge is 0.327 e. The lowest BCUT2D eigenvalue weighted by molar-refractivity contribution is 0.600. The van der Waals surface area contributed by atoms with Crippen LogP contribution in [0.25, 0.3) is 0 Å². The average Bonchev–Trinajstić information content (AvgIpc) is 2.12. The van der Waals surface area contributed by atoms with Crippen molar-refractivity contribution in [3.8, 4) is 0 Å². The SMILES string of the molecule is CCC[C@H](N)Cc1ccc(C)c(C)c1. The van der Waals surface area contributed by atoms with Crippen LogP contribution in [0.3, 0.4) is 0 Å². The Hall–Kier alpha value is -0.820. The van der Waals surface area contributed by atoms with Crippen LogP contribution in [0.1, 0.15) is 36.5 Å². The molecule has 0 aliphatic heterocycles. The molecule has 1 aromatic rings. The van der Waals surface area contributed by atoms with Crippen LogP contribution < -0.4 is 5.73 Å². The Labute approximate surface area is 87.3 Å². The van der Waals surface area contributed by atoms with Gasteiger partial charge in [-0.25, -0.2) is 0 Å². The van der Waals surface area contributed by atoms with Crippen LogP contribution in [0.2, 0.25) is 0 Å². The van der Waals surface area contributed by atoms with Gasteiger partial charge in [0.2, 0.25) is 0 Å². The molecule has 0 fully saturated rings. The summed E-state index contributed by atoms with van der Waals surface area (Å²) in [5.41, 5.74) is 10.1. The van der Waals surface area contributed by atoms with Gasteiger partial charge in [-0.3, -0.25) is 0 Å². The molecule has 0 saturated heterocycles. The van der Waals surface area contributed by atoms with Crippen LogP contribution in [0, 0.1) is 13.8 Å². The minimum atomic E-state index is 0.321. The van der Waals surface area contributed by atoms with E-state index < -0.39 is 0 Å². The molecule has 0 aliphatic carbocycles. The van der Waals surface area contributed by atoms with Crippen LogP contribution in [0.4, 0.5) is 0 Å². The lowest BCUT2D eigenvalue weighted by atomic mass is 9.99. The molecule has 0 unspecified atom stereocenters. The maximum absolute atomic E-state index is 6.00. The molecule has 1 atom stereocenters. The summed E-state index contributed by atoms with van der Waals surface area (Å²) < 4.78 is 0. The summed E-state index contributed by atoms with van der Waals surface area (Å²) in [6, 6.07) is 6.95. The number of benzene rings is 1. The van der Waals surface area contributed by atoms with Crippen molar-refractivity contribution in [2.75, 3.05) is 0 Å². The van der Waals surface area contributed by atoms with Crippen molar-refractivity contribution in [1.82, 2.24) is 0 Å². The minimum absolute atomic E-state index is 0.321. The van der Waals surface area contributed by atoms with Crippen LogP contribution in [0.5, 0.6) is 0 Å². The molecule has 1 rings (SSSR count). The lowest BCUT2D eigenvalue weighted by Crippen LogP contribution is -2.22. The predicted molar refractivity (Wildman–Crippen MR) is 62.5 cm³/mol. The predicted octanol–water partition coefficient (Wildman–Crippen LogP) is 2.97. The first kappa shape index (κ1) is 11.3. The lowest BCUT2D eigenvalue weighted by Gasteiger charge is -2.11. The van der Waals surface area contributed by atoms with Gasteiger partial charge < -0.3 is 5.73 Å². The second kappa shape index (κ2) is 5.16. The van der Waals surface area contributed by atoms with Crippen molar-refractivity contribution in [3.05, 3.63) is 34.9 Å². The number of hydrogen-bond acceptors (Lipinski definition) is 1. The molecule has 0 saturated carbocycles. The molecule has 2 N–H and O–H groups in total. The molecule has 1 aromatic carbocycles. The molecule has 0 aromatic heterocycles. The third-order valence-corrected chi connectivity index (χ3v) is 2.73. The average molecular weight is 191 g/mol. The van der Waals surface area contributed by atoms with E-state index in [2.05, 4.69) is 39.0 Å². The highest BCUT2D eigenvalue weighted by Crippen LogP contribution is 2.12. The summed E-state index contributed by atoms with van der Waals surface area (Å²) in [5.74, 6) is 0. The van der Waals surface area contributed by atoms with Gasteiger partial charge in [0.25, 0.3) is 0 Å². The van der Waals surface area contributed by atoms with Crippen molar-refractivity contribution in [3.63, 3.8) is 0 Å². The van der Waals surface area contributed by atoms with Crippen molar-refractivity contribution in [1.29, 1.82) is 0 Å². The Morgan fingerprint density at radius 3 is 2.50 bits per heavy atom. The first-order chi connectivity index (χ1) is 6.63. The van der Waals surface area contributed by atoms with Crippen molar-refractivity contribution < 1.29 is 0 Å². The van der Waals surface area contributed by atoms with E-state index in [1.807, 2.05) is 0 Å². The van der Waals surface area contributed by atoms with Gasteiger partial charge in [0.1, 0.15) is 0 Å². The van der Waals surface area contributed by atoms with Crippen molar-refractivity contribution >= 4 is 0 Å². The molecule has 0 bridgehead atoms. The molecule has 0 spiro atoms. The van der Waals surface area contributed by atoms with Gasteiger partial charge in [-0.1, -0.05) is 31.5 Å². The van der Waals surface area contributed by atoms with E-state index in [1.165, 1.54) is 23.1 Å². The topological polar surface area (TPSA) is 26.0 Å². The van der Waals surface area contributed by atoms with E-state index in [9.17, 15) is 0 Å². The van der Waals surface area contributed by atoms with E-state index in [-0.39, 0.29) is 0 Å². The summed E-state index contributed by atoms with van der Waals surface area (Å²) in [5, 5.41) is 0. The van der Waals surface area contributed by atoms with Gasteiger partial charge in [-0.15, -0.1) is 0 Å². The molecule has 0 aliphatic rings. The van der Waals surface area contributed by atoms with Gasteiger partial charge in [-0.05, 0) is 43.4 Å². The van der Waals surface area contributed by atoms with Crippen molar-refractivity contribution in [2.45, 2.75) is 46.1 Å². The normalized spacial score (nSPS) is 12.9. The summed E-state index contributed by atoms with van der Waals surface area (Å²) in [7, 11) is 0. The van der Waals surface area contributed by atoms with Crippen molar-refractivity contribution in [2.24, 2.45) is 5.73 Å². The van der Waals surface area contributed by atoms with Gasteiger partial charge in [-0.2, -0.15) is 0 Å². The monoisotopic (exact) mass is 191 g/mol. The number of hydrogen-bond donors (Lipinski definition) is 1. The molecule has 1 nitrogen and oxygen atoms in total. The Kier molecular flexibility index (Phi) is 4.15. The first-order valence-electron chi connectivity index (χ1n) is 5.45. The standard InChI is InChI=1S/C13H21N/c1-4-5-13(14)9-12-7-6-10(2)11(3)8-12/h6-8,13H,4-5,9,14H2,1-3H3/t13-/m0/s1. The summed E-state index contributed by atoms with van der Waals surface area (Å²) in [4.78, 5) is 0. The smallest absolute Gasteiger partial charge is 0.00792 e. The van der Waals surface area contributed by atoms with Crippen LogP contribution >= 0.6 is 0 Å². The van der Waals surface area contributed by atoms with Gasteiger partial charge in [0.15, 0.2) is 0 Å². The highest BCUT2D eigenvalue weighted by atomic mass is 14.6. The second-order valence-electron chi connectivity index (χ2n) is 4.17. The molecule has 0 amide bonds. The third-order valence-electron chi connectivity index (χ3n) is 2.73. The fraction of sp³-hybridized carbons (Fsp3) is 0.538. The number of rotatable bonds is 4. The number of nitrogens with two attached hydrogens (primary N) is 1. The van der Waals surface area contributed by atoms with Gasteiger partial charge in [0.05, 0.1) is 0 Å². The minimum Gasteiger partial charge on any atom is -0.327 e. The Morgan fingerprint density at radius 1 is 1.21 bits per heavy atom. The molecular weight excluding hydrogens is 170 g/mol. The fourth-order valence-corrected chi connectivity index (χ4v) is 1.71. The zero-order chi connectivity index (χ0) is 10.6. The maximum Gasteiger partial charge on any atom is 0.00792 e. The molecule has 14 heavy (non-hydrogen) atoms.